The summed E-state index contributed by atoms with van der Waals surface area (Å²) in [7, 11) is 1.81. The van der Waals surface area contributed by atoms with Crippen LogP contribution in [0.15, 0.2) is 24.7 Å². The fourth-order valence-electron chi connectivity index (χ4n) is 1.78. The molecule has 0 aromatic carbocycles. The number of amides is 1. The lowest BCUT2D eigenvalue weighted by Gasteiger charge is -2.06. The summed E-state index contributed by atoms with van der Waals surface area (Å²) >= 11 is 0. The van der Waals surface area contributed by atoms with Gasteiger partial charge < -0.3 is 10.6 Å². The highest BCUT2D eigenvalue weighted by molar-refractivity contribution is 5.92. The monoisotopic (exact) mass is 288 g/mol. The summed E-state index contributed by atoms with van der Waals surface area (Å²) in [6, 6.07) is 3.57. The Labute approximate surface area is 123 Å². The minimum absolute atomic E-state index is 0.187. The fourth-order valence-corrected chi connectivity index (χ4v) is 1.78. The maximum Gasteiger partial charge on any atom is 0.269 e. The van der Waals surface area contributed by atoms with E-state index in [1.54, 1.807) is 23.3 Å². The van der Waals surface area contributed by atoms with Crippen molar-refractivity contribution in [2.24, 2.45) is 7.05 Å². The van der Waals surface area contributed by atoms with Crippen LogP contribution >= 0.6 is 0 Å². The van der Waals surface area contributed by atoms with Crippen LogP contribution in [-0.2, 0) is 13.5 Å². The molecule has 2 heterocycles. The smallest absolute Gasteiger partial charge is 0.269 e. The second kappa shape index (κ2) is 7.37. The molecule has 0 unspecified atom stereocenters. The Kier molecular flexibility index (Phi) is 5.25. The van der Waals surface area contributed by atoms with Gasteiger partial charge in [-0.25, -0.2) is 9.97 Å². The van der Waals surface area contributed by atoms with Crippen LogP contribution in [-0.4, -0.2) is 38.7 Å². The first-order chi connectivity index (χ1) is 10.2. The van der Waals surface area contributed by atoms with Gasteiger partial charge in [0.1, 0.15) is 12.0 Å². The molecular formula is C14H20N6O. The molecule has 2 N–H and O–H groups in total. The Morgan fingerprint density at radius 1 is 1.29 bits per heavy atom. The molecule has 1 amide bonds. The summed E-state index contributed by atoms with van der Waals surface area (Å²) in [4.78, 5) is 20.2. The van der Waals surface area contributed by atoms with E-state index in [9.17, 15) is 4.79 Å². The first kappa shape index (κ1) is 15.0. The molecule has 0 aliphatic heterocycles. The van der Waals surface area contributed by atoms with Gasteiger partial charge in [-0.2, -0.15) is 5.10 Å². The summed E-state index contributed by atoms with van der Waals surface area (Å²) in [5, 5.41) is 10.2. The Morgan fingerprint density at radius 3 is 2.76 bits per heavy atom. The normalized spacial score (nSPS) is 10.4. The lowest BCUT2D eigenvalue weighted by atomic mass is 10.3. The van der Waals surface area contributed by atoms with Crippen molar-refractivity contribution in [2.75, 3.05) is 18.4 Å². The third-order valence-electron chi connectivity index (χ3n) is 2.86. The van der Waals surface area contributed by atoms with Gasteiger partial charge in [0.25, 0.3) is 5.91 Å². The summed E-state index contributed by atoms with van der Waals surface area (Å²) < 4.78 is 1.64. The van der Waals surface area contributed by atoms with E-state index in [-0.39, 0.29) is 5.91 Å². The molecule has 0 fully saturated rings. The Morgan fingerprint density at radius 2 is 2.14 bits per heavy atom. The number of aryl methyl sites for hydroxylation is 1. The maximum atomic E-state index is 11.9. The van der Waals surface area contributed by atoms with Crippen LogP contribution in [0.4, 0.5) is 5.69 Å². The number of anilines is 1. The van der Waals surface area contributed by atoms with Gasteiger partial charge in [0.05, 0.1) is 11.9 Å². The first-order valence-electron chi connectivity index (χ1n) is 7.01. The summed E-state index contributed by atoms with van der Waals surface area (Å²) in [5.41, 5.74) is 1.33. The standard InChI is InChI=1S/C14H20N6O/c1-3-7-15-11-4-5-12(17-9-11)14(21)16-8-6-13-18-10-20(2)19-13/h4-5,9-10,15H,3,6-8H2,1-2H3,(H,16,21). The van der Waals surface area contributed by atoms with Gasteiger partial charge in [-0.15, -0.1) is 0 Å². The van der Waals surface area contributed by atoms with Gasteiger partial charge in [-0.3, -0.25) is 9.48 Å². The van der Waals surface area contributed by atoms with Gasteiger partial charge in [0, 0.05) is 26.6 Å². The molecule has 0 aliphatic rings. The van der Waals surface area contributed by atoms with E-state index in [0.29, 0.717) is 24.5 Å². The van der Waals surface area contributed by atoms with Gasteiger partial charge >= 0.3 is 0 Å². The summed E-state index contributed by atoms with van der Waals surface area (Å²) in [6.07, 6.45) is 4.96. The molecule has 0 bridgehead atoms. The minimum atomic E-state index is -0.187. The average molecular weight is 288 g/mol. The molecule has 0 radical (unpaired) electrons. The van der Waals surface area contributed by atoms with Crippen molar-refractivity contribution in [3.8, 4) is 0 Å². The van der Waals surface area contributed by atoms with Crippen LogP contribution in [0.5, 0.6) is 0 Å². The quantitative estimate of drug-likeness (QED) is 0.794. The molecule has 0 saturated carbocycles. The second-order valence-electron chi connectivity index (χ2n) is 4.70. The molecule has 7 nitrogen and oxygen atoms in total. The highest BCUT2D eigenvalue weighted by Gasteiger charge is 2.07. The van der Waals surface area contributed by atoms with E-state index in [0.717, 1.165) is 18.7 Å². The highest BCUT2D eigenvalue weighted by atomic mass is 16.1. The third-order valence-corrected chi connectivity index (χ3v) is 2.86. The number of hydrogen-bond acceptors (Lipinski definition) is 5. The molecule has 2 rings (SSSR count). The van der Waals surface area contributed by atoms with E-state index in [1.807, 2.05) is 13.1 Å². The van der Waals surface area contributed by atoms with E-state index in [2.05, 4.69) is 32.6 Å². The van der Waals surface area contributed by atoms with E-state index >= 15 is 0 Å². The summed E-state index contributed by atoms with van der Waals surface area (Å²) in [6.45, 7) is 3.48. The average Bonchev–Trinajstić information content (AvgIpc) is 2.91. The van der Waals surface area contributed by atoms with Crippen molar-refractivity contribution in [3.05, 3.63) is 36.2 Å². The fraction of sp³-hybridized carbons (Fsp3) is 0.429. The number of nitrogens with one attached hydrogen (secondary N) is 2. The minimum Gasteiger partial charge on any atom is -0.384 e. The Bertz CT molecular complexity index is 577. The Hall–Kier alpha value is -2.44. The molecule has 21 heavy (non-hydrogen) atoms. The van der Waals surface area contributed by atoms with Crippen molar-refractivity contribution in [1.29, 1.82) is 0 Å². The van der Waals surface area contributed by atoms with Crippen molar-refractivity contribution in [2.45, 2.75) is 19.8 Å². The number of rotatable bonds is 7. The van der Waals surface area contributed by atoms with Crippen LogP contribution in [0.1, 0.15) is 29.7 Å². The zero-order valence-corrected chi connectivity index (χ0v) is 12.3. The number of nitrogens with zero attached hydrogens (tertiary/aromatic N) is 4. The lowest BCUT2D eigenvalue weighted by Crippen LogP contribution is -2.26. The maximum absolute atomic E-state index is 11.9. The predicted molar refractivity (Wildman–Crippen MR) is 80.1 cm³/mol. The van der Waals surface area contributed by atoms with Crippen molar-refractivity contribution < 1.29 is 4.79 Å². The van der Waals surface area contributed by atoms with Crippen molar-refractivity contribution in [3.63, 3.8) is 0 Å². The number of carbonyl (C=O) groups excluding carboxylic acids is 1. The summed E-state index contributed by atoms with van der Waals surface area (Å²) in [5.74, 6) is 0.526. The van der Waals surface area contributed by atoms with Crippen LogP contribution in [0.25, 0.3) is 0 Å². The zero-order chi connectivity index (χ0) is 15.1. The van der Waals surface area contributed by atoms with Gasteiger partial charge in [-0.05, 0) is 18.6 Å². The second-order valence-corrected chi connectivity index (χ2v) is 4.70. The van der Waals surface area contributed by atoms with Gasteiger partial charge in [0.15, 0.2) is 5.82 Å². The topological polar surface area (TPSA) is 84.7 Å². The molecule has 0 atom stereocenters. The molecule has 0 aliphatic carbocycles. The number of pyridine rings is 1. The highest BCUT2D eigenvalue weighted by Crippen LogP contribution is 2.06. The third kappa shape index (κ3) is 4.55. The van der Waals surface area contributed by atoms with Crippen molar-refractivity contribution >= 4 is 11.6 Å². The van der Waals surface area contributed by atoms with Gasteiger partial charge in [0.2, 0.25) is 0 Å². The largest absolute Gasteiger partial charge is 0.384 e. The van der Waals surface area contributed by atoms with E-state index in [4.69, 9.17) is 0 Å². The SMILES string of the molecule is CCCNc1ccc(C(=O)NCCc2ncn(C)n2)nc1. The zero-order valence-electron chi connectivity index (χ0n) is 12.3. The number of hydrogen-bond donors (Lipinski definition) is 2. The molecule has 7 heteroatoms. The van der Waals surface area contributed by atoms with Crippen molar-refractivity contribution in [1.82, 2.24) is 25.1 Å². The van der Waals surface area contributed by atoms with E-state index in [1.165, 1.54) is 0 Å². The Balaban J connectivity index is 1.79. The molecule has 2 aromatic heterocycles. The number of aromatic nitrogens is 4. The van der Waals surface area contributed by atoms with Crippen LogP contribution < -0.4 is 10.6 Å². The lowest BCUT2D eigenvalue weighted by molar-refractivity contribution is 0.0949. The molecule has 0 spiro atoms. The molecule has 112 valence electrons. The molecule has 0 saturated heterocycles. The first-order valence-corrected chi connectivity index (χ1v) is 7.01. The number of carbonyl (C=O) groups is 1. The van der Waals surface area contributed by atoms with Crippen LogP contribution in [0.2, 0.25) is 0 Å². The van der Waals surface area contributed by atoms with Gasteiger partial charge in [-0.1, -0.05) is 6.92 Å². The van der Waals surface area contributed by atoms with E-state index < -0.39 is 0 Å². The van der Waals surface area contributed by atoms with Crippen LogP contribution in [0, 0.1) is 0 Å². The van der Waals surface area contributed by atoms with Crippen LogP contribution in [0.3, 0.4) is 0 Å². The molecular weight excluding hydrogens is 268 g/mol. The molecule has 2 aromatic rings. The predicted octanol–water partition coefficient (Wildman–Crippen LogP) is 1.00.